The second-order valence-corrected chi connectivity index (χ2v) is 15.2. The van der Waals surface area contributed by atoms with Crippen LogP contribution in [0.4, 0.5) is 0 Å². The van der Waals surface area contributed by atoms with Crippen LogP contribution in [0.15, 0.2) is 11.6 Å². The molecule has 5 aliphatic carbocycles. The lowest BCUT2D eigenvalue weighted by Crippen LogP contribution is -2.69. The number of fused-ring (bicyclic) bond motifs is 6. The topological polar surface area (TPSA) is 83.8 Å². The Morgan fingerprint density at radius 3 is 2.26 bits per heavy atom. The van der Waals surface area contributed by atoms with E-state index in [4.69, 9.17) is 4.74 Å². The number of aliphatic hydroxyl groups excluding tert-OH is 2. The summed E-state index contributed by atoms with van der Waals surface area (Å²) in [6.45, 7) is 15.4. The van der Waals surface area contributed by atoms with E-state index >= 15 is 0 Å². The summed E-state index contributed by atoms with van der Waals surface area (Å²) in [6.07, 6.45) is 7.22. The van der Waals surface area contributed by atoms with Gasteiger partial charge in [-0.15, -0.1) is 0 Å². The Kier molecular flexibility index (Phi) is 4.44. The van der Waals surface area contributed by atoms with Crippen molar-refractivity contribution >= 4 is 11.8 Å². The summed E-state index contributed by atoms with van der Waals surface area (Å²) in [7, 11) is 0. The minimum atomic E-state index is -0.910. The van der Waals surface area contributed by atoms with Crippen LogP contribution in [0.1, 0.15) is 99.8 Å². The third-order valence-corrected chi connectivity index (χ3v) is 13.5. The average molecular weight is 485 g/mol. The molecule has 0 amide bonds. The summed E-state index contributed by atoms with van der Waals surface area (Å²) in [5.74, 6) is 0.0718. The van der Waals surface area contributed by atoms with Crippen molar-refractivity contribution < 1.29 is 24.5 Å². The Morgan fingerprint density at radius 1 is 0.886 bits per heavy atom. The van der Waals surface area contributed by atoms with Gasteiger partial charge in [0.05, 0.1) is 17.6 Å². The predicted molar refractivity (Wildman–Crippen MR) is 132 cm³/mol. The van der Waals surface area contributed by atoms with E-state index in [1.165, 1.54) is 0 Å². The van der Waals surface area contributed by atoms with E-state index in [9.17, 15) is 19.8 Å². The molecule has 5 fully saturated rings. The van der Waals surface area contributed by atoms with Crippen LogP contribution in [0.3, 0.4) is 0 Å². The molecule has 0 radical (unpaired) electrons. The fourth-order valence-corrected chi connectivity index (χ4v) is 11.0. The van der Waals surface area contributed by atoms with Crippen LogP contribution in [-0.4, -0.2) is 39.8 Å². The van der Waals surface area contributed by atoms with E-state index in [0.717, 1.165) is 44.1 Å². The van der Waals surface area contributed by atoms with Gasteiger partial charge in [-0.3, -0.25) is 9.59 Å². The van der Waals surface area contributed by atoms with Gasteiger partial charge in [-0.25, -0.2) is 0 Å². The van der Waals surface area contributed by atoms with Crippen molar-refractivity contribution in [1.82, 2.24) is 0 Å². The second-order valence-electron chi connectivity index (χ2n) is 15.2. The Hall–Kier alpha value is -1.20. The van der Waals surface area contributed by atoms with E-state index in [1.807, 2.05) is 13.0 Å². The van der Waals surface area contributed by atoms with Gasteiger partial charge in [0.2, 0.25) is 0 Å². The molecule has 6 aliphatic rings. The third kappa shape index (κ3) is 2.40. The molecular weight excluding hydrogens is 440 g/mol. The molecule has 5 unspecified atom stereocenters. The maximum Gasteiger partial charge on any atom is 0.315 e. The normalized spacial score (nSPS) is 58.4. The highest BCUT2D eigenvalue weighted by Crippen LogP contribution is 2.77. The SMILES string of the molecule is CC1(C)C2CC[C@]3(C)C(C(=O)C=C4C56C[C@](C)(C(=O)O5)C(O)C[C@]6(C)CCC43C)[C@@]2(C)CC[C@@H]1O. The van der Waals surface area contributed by atoms with Crippen molar-refractivity contribution in [1.29, 1.82) is 0 Å². The van der Waals surface area contributed by atoms with Gasteiger partial charge >= 0.3 is 5.97 Å². The highest BCUT2D eigenvalue weighted by molar-refractivity contribution is 5.96. The summed E-state index contributed by atoms with van der Waals surface area (Å²) in [4.78, 5) is 27.6. The number of hydrogen-bond acceptors (Lipinski definition) is 5. The molecular formula is C30H44O5. The smallest absolute Gasteiger partial charge is 0.315 e. The summed E-state index contributed by atoms with van der Waals surface area (Å²) in [5.41, 5.74) is -1.94. The van der Waals surface area contributed by atoms with Crippen molar-refractivity contribution in [3.05, 3.63) is 11.6 Å². The number of esters is 1. The largest absolute Gasteiger partial charge is 0.453 e. The molecule has 5 nitrogen and oxygen atoms in total. The molecule has 1 spiro atoms. The molecule has 1 aliphatic heterocycles. The first-order valence-corrected chi connectivity index (χ1v) is 13.9. The first-order chi connectivity index (χ1) is 16.0. The number of aliphatic hydroxyl groups is 2. The number of ether oxygens (including phenoxy) is 1. The summed E-state index contributed by atoms with van der Waals surface area (Å²) >= 11 is 0. The van der Waals surface area contributed by atoms with Gasteiger partial charge < -0.3 is 14.9 Å². The minimum absolute atomic E-state index is 0.104. The van der Waals surface area contributed by atoms with Gasteiger partial charge in [-0.1, -0.05) is 41.5 Å². The molecule has 35 heavy (non-hydrogen) atoms. The zero-order valence-corrected chi connectivity index (χ0v) is 22.7. The van der Waals surface area contributed by atoms with Gasteiger partial charge in [0.1, 0.15) is 5.60 Å². The first kappa shape index (κ1) is 24.2. The molecule has 5 heteroatoms. The number of allylic oxidation sites excluding steroid dienone is 1. The standard InChI is InChI=1S/C30H44O5/c1-24(2)18-8-11-29(7)22(26(18,4)10-9-20(24)32)17(31)14-19-28(29,6)13-12-25(3)15-21(33)27(5)16-30(19,25)35-23(27)34/h14,18,20-22,32-33H,8-13,15-16H2,1-7H3/t18?,20-,21?,22?,25-,26-,27-,28?,29+,30?/m0/s1. The van der Waals surface area contributed by atoms with Crippen LogP contribution in [0.2, 0.25) is 0 Å². The maximum absolute atomic E-state index is 14.3. The lowest BCUT2D eigenvalue weighted by atomic mass is 9.33. The first-order valence-electron chi connectivity index (χ1n) is 13.9. The summed E-state index contributed by atoms with van der Waals surface area (Å²) in [5, 5.41) is 21.9. The van der Waals surface area contributed by atoms with Crippen LogP contribution in [0.25, 0.3) is 0 Å². The number of hydrogen-bond donors (Lipinski definition) is 2. The number of carbonyl (C=O) groups is 2. The summed E-state index contributed by atoms with van der Waals surface area (Å²) in [6, 6.07) is 0. The summed E-state index contributed by atoms with van der Waals surface area (Å²) < 4.78 is 6.39. The highest BCUT2D eigenvalue weighted by Gasteiger charge is 2.78. The van der Waals surface area contributed by atoms with E-state index in [-0.39, 0.29) is 50.8 Å². The number of ketones is 1. The van der Waals surface area contributed by atoms with Crippen LogP contribution in [-0.2, 0) is 14.3 Å². The molecule has 1 saturated heterocycles. The van der Waals surface area contributed by atoms with E-state index < -0.39 is 17.1 Å². The van der Waals surface area contributed by atoms with E-state index in [1.54, 1.807) is 0 Å². The molecule has 0 aromatic heterocycles. The zero-order chi connectivity index (χ0) is 25.6. The Balaban J connectivity index is 1.53. The molecule has 10 atom stereocenters. The molecule has 6 rings (SSSR count). The molecule has 2 N–H and O–H groups in total. The number of rotatable bonds is 0. The van der Waals surface area contributed by atoms with Crippen molar-refractivity contribution in [3.8, 4) is 0 Å². The van der Waals surface area contributed by atoms with Gasteiger partial charge in [-0.05, 0) is 91.1 Å². The van der Waals surface area contributed by atoms with Crippen LogP contribution in [0, 0.1) is 44.3 Å². The zero-order valence-electron chi connectivity index (χ0n) is 22.7. The van der Waals surface area contributed by atoms with Crippen molar-refractivity contribution in [2.24, 2.45) is 44.3 Å². The Morgan fingerprint density at radius 2 is 1.57 bits per heavy atom. The van der Waals surface area contributed by atoms with Crippen LogP contribution >= 0.6 is 0 Å². The van der Waals surface area contributed by atoms with Crippen molar-refractivity contribution in [3.63, 3.8) is 0 Å². The average Bonchev–Trinajstić information content (AvgIpc) is 3.01. The van der Waals surface area contributed by atoms with Crippen LogP contribution < -0.4 is 0 Å². The van der Waals surface area contributed by atoms with Gasteiger partial charge in [0.15, 0.2) is 5.78 Å². The lowest BCUT2D eigenvalue weighted by molar-refractivity contribution is -0.214. The fraction of sp³-hybridized carbons (Fsp3) is 0.867. The molecule has 0 aromatic rings. The molecule has 4 saturated carbocycles. The van der Waals surface area contributed by atoms with Crippen LogP contribution in [0.5, 0.6) is 0 Å². The molecule has 194 valence electrons. The monoisotopic (exact) mass is 484 g/mol. The molecule has 1 heterocycles. The lowest BCUT2D eigenvalue weighted by Gasteiger charge is -2.71. The predicted octanol–water partition coefficient (Wildman–Crippen LogP) is 4.98. The second kappa shape index (κ2) is 6.43. The highest BCUT2D eigenvalue weighted by atomic mass is 16.6. The number of carbonyl (C=O) groups excluding carboxylic acids is 2. The molecule has 2 bridgehead atoms. The van der Waals surface area contributed by atoms with Gasteiger partial charge in [0, 0.05) is 17.8 Å². The molecule has 0 aromatic carbocycles. The Labute approximate surface area is 210 Å². The maximum atomic E-state index is 14.3. The van der Waals surface area contributed by atoms with Gasteiger partial charge in [-0.2, -0.15) is 0 Å². The third-order valence-electron chi connectivity index (χ3n) is 13.5. The van der Waals surface area contributed by atoms with Crippen molar-refractivity contribution in [2.45, 2.75) is 118 Å². The quantitative estimate of drug-likeness (QED) is 0.474. The Bertz CT molecular complexity index is 1060. The van der Waals surface area contributed by atoms with Crippen molar-refractivity contribution in [2.75, 3.05) is 0 Å². The van der Waals surface area contributed by atoms with E-state index in [2.05, 4.69) is 41.5 Å². The fourth-order valence-electron chi connectivity index (χ4n) is 11.0. The minimum Gasteiger partial charge on any atom is -0.453 e. The van der Waals surface area contributed by atoms with Gasteiger partial charge in [0.25, 0.3) is 0 Å². The van der Waals surface area contributed by atoms with E-state index in [0.29, 0.717) is 18.8 Å².